The van der Waals surface area contributed by atoms with Crippen LogP contribution in [-0.2, 0) is 0 Å². The van der Waals surface area contributed by atoms with Crippen LogP contribution in [0.1, 0.15) is 26.3 Å². The highest BCUT2D eigenvalue weighted by Crippen LogP contribution is 2.21. The molecule has 0 spiro atoms. The van der Waals surface area contributed by atoms with Crippen LogP contribution in [0.5, 0.6) is 0 Å². The molecule has 0 radical (unpaired) electrons. The zero-order valence-electron chi connectivity index (χ0n) is 8.57. The maximum atomic E-state index is 5.69. The molecule has 3 nitrogen and oxygen atoms in total. The van der Waals surface area contributed by atoms with Crippen molar-refractivity contribution in [2.45, 2.75) is 26.3 Å². The number of nitrogen functional groups attached to an aromatic ring is 1. The van der Waals surface area contributed by atoms with Gasteiger partial charge in [-0.15, -0.1) is 0 Å². The first-order valence-corrected chi connectivity index (χ1v) is 4.94. The molecule has 3 heteroatoms. The number of benzene rings is 1. The number of nitrogens with two attached hydrogens (primary N) is 1. The highest BCUT2D eigenvalue weighted by Gasteiger charge is 2.06. The zero-order chi connectivity index (χ0) is 10.1. The van der Waals surface area contributed by atoms with E-state index in [1.54, 1.807) is 0 Å². The highest BCUT2D eigenvalue weighted by atomic mass is 15.1. The van der Waals surface area contributed by atoms with E-state index in [-0.39, 0.29) is 0 Å². The molecule has 0 aliphatic rings. The highest BCUT2D eigenvalue weighted by molar-refractivity contribution is 5.79. The lowest BCUT2D eigenvalue weighted by molar-refractivity contribution is 0.544. The van der Waals surface area contributed by atoms with Gasteiger partial charge < -0.3 is 10.3 Å². The fraction of sp³-hybridized carbons (Fsp3) is 0.364. The van der Waals surface area contributed by atoms with Crippen LogP contribution in [-0.4, -0.2) is 9.55 Å². The van der Waals surface area contributed by atoms with E-state index >= 15 is 0 Å². The average Bonchev–Trinajstić information content (AvgIpc) is 2.59. The van der Waals surface area contributed by atoms with Gasteiger partial charge in [0.25, 0.3) is 0 Å². The molecule has 0 aliphatic carbocycles. The Bertz CT molecular complexity index is 445. The molecule has 1 heterocycles. The van der Waals surface area contributed by atoms with Crippen molar-refractivity contribution in [1.29, 1.82) is 0 Å². The molecule has 2 N–H and O–H groups in total. The molecule has 0 saturated carbocycles. The van der Waals surface area contributed by atoms with Gasteiger partial charge in [-0.25, -0.2) is 4.98 Å². The predicted octanol–water partition coefficient (Wildman–Crippen LogP) is 2.59. The topological polar surface area (TPSA) is 43.8 Å². The van der Waals surface area contributed by atoms with E-state index < -0.39 is 0 Å². The fourth-order valence-corrected chi connectivity index (χ4v) is 1.60. The second-order valence-electron chi connectivity index (χ2n) is 3.66. The lowest BCUT2D eigenvalue weighted by Crippen LogP contribution is -2.01. The normalized spacial score (nSPS) is 13.3. The fourth-order valence-electron chi connectivity index (χ4n) is 1.60. The molecule has 1 aromatic heterocycles. The molecule has 0 amide bonds. The van der Waals surface area contributed by atoms with Crippen LogP contribution in [0.25, 0.3) is 11.0 Å². The van der Waals surface area contributed by atoms with Crippen molar-refractivity contribution in [1.82, 2.24) is 9.55 Å². The van der Waals surface area contributed by atoms with Gasteiger partial charge in [0.1, 0.15) is 0 Å². The maximum Gasteiger partial charge on any atom is 0.0960 e. The molecule has 0 bridgehead atoms. The Morgan fingerprint density at radius 1 is 1.50 bits per heavy atom. The molecular weight excluding hydrogens is 174 g/mol. The van der Waals surface area contributed by atoms with Crippen LogP contribution in [0.2, 0.25) is 0 Å². The summed E-state index contributed by atoms with van der Waals surface area (Å²) in [5, 5.41) is 0. The van der Waals surface area contributed by atoms with E-state index in [2.05, 4.69) is 23.4 Å². The van der Waals surface area contributed by atoms with Crippen molar-refractivity contribution in [2.24, 2.45) is 0 Å². The Morgan fingerprint density at radius 2 is 2.29 bits per heavy atom. The van der Waals surface area contributed by atoms with Crippen LogP contribution >= 0.6 is 0 Å². The second-order valence-corrected chi connectivity index (χ2v) is 3.66. The number of imidazole rings is 1. The SMILES string of the molecule is CC[C@H](C)n1cnc2cc(N)ccc21. The molecular formula is C11H15N3. The van der Waals surface area contributed by atoms with Gasteiger partial charge in [-0.1, -0.05) is 6.92 Å². The van der Waals surface area contributed by atoms with Gasteiger partial charge in [0.05, 0.1) is 17.4 Å². The predicted molar refractivity (Wildman–Crippen MR) is 59.1 cm³/mol. The first-order valence-electron chi connectivity index (χ1n) is 4.94. The molecule has 1 aromatic carbocycles. The van der Waals surface area contributed by atoms with Crippen LogP contribution in [0.4, 0.5) is 5.69 Å². The summed E-state index contributed by atoms with van der Waals surface area (Å²) in [6.45, 7) is 4.37. The maximum absolute atomic E-state index is 5.69. The van der Waals surface area contributed by atoms with Crippen molar-refractivity contribution in [3.05, 3.63) is 24.5 Å². The minimum absolute atomic E-state index is 0.489. The first-order chi connectivity index (χ1) is 6.72. The number of fused-ring (bicyclic) bond motifs is 1. The largest absolute Gasteiger partial charge is 0.399 e. The van der Waals surface area contributed by atoms with Gasteiger partial charge in [-0.2, -0.15) is 0 Å². The smallest absolute Gasteiger partial charge is 0.0960 e. The van der Waals surface area contributed by atoms with E-state index in [1.165, 1.54) is 0 Å². The van der Waals surface area contributed by atoms with Crippen molar-refractivity contribution in [3.8, 4) is 0 Å². The number of anilines is 1. The Morgan fingerprint density at radius 3 is 3.00 bits per heavy atom. The third kappa shape index (κ3) is 1.35. The summed E-state index contributed by atoms with van der Waals surface area (Å²) in [6.07, 6.45) is 2.99. The number of rotatable bonds is 2. The summed E-state index contributed by atoms with van der Waals surface area (Å²) in [6, 6.07) is 6.35. The van der Waals surface area contributed by atoms with Crippen LogP contribution in [0.3, 0.4) is 0 Å². The van der Waals surface area contributed by atoms with Crippen molar-refractivity contribution in [3.63, 3.8) is 0 Å². The van der Waals surface area contributed by atoms with Gasteiger partial charge in [0.15, 0.2) is 0 Å². The quantitative estimate of drug-likeness (QED) is 0.738. The van der Waals surface area contributed by atoms with E-state index in [9.17, 15) is 0 Å². The van der Waals surface area contributed by atoms with Gasteiger partial charge >= 0.3 is 0 Å². The first kappa shape index (κ1) is 9.06. The monoisotopic (exact) mass is 189 g/mol. The molecule has 2 rings (SSSR count). The Hall–Kier alpha value is -1.51. The van der Waals surface area contributed by atoms with E-state index in [4.69, 9.17) is 5.73 Å². The minimum atomic E-state index is 0.489. The van der Waals surface area contributed by atoms with Crippen LogP contribution in [0, 0.1) is 0 Å². The van der Waals surface area contributed by atoms with Crippen molar-refractivity contribution < 1.29 is 0 Å². The Kier molecular flexibility index (Phi) is 2.15. The molecule has 1 atom stereocenters. The van der Waals surface area contributed by atoms with Crippen molar-refractivity contribution in [2.75, 3.05) is 5.73 Å². The molecule has 14 heavy (non-hydrogen) atoms. The third-order valence-corrected chi connectivity index (χ3v) is 2.66. The van der Waals surface area contributed by atoms with E-state index in [0.717, 1.165) is 23.1 Å². The van der Waals surface area contributed by atoms with Gasteiger partial charge in [0, 0.05) is 11.7 Å². The van der Waals surface area contributed by atoms with Crippen LogP contribution < -0.4 is 5.73 Å². The standard InChI is InChI=1S/C11H15N3/c1-3-8(2)14-7-13-10-6-9(12)4-5-11(10)14/h4-8H,3,12H2,1-2H3/t8-/m0/s1. The lowest BCUT2D eigenvalue weighted by atomic mass is 10.2. The Balaban J connectivity index is 2.58. The van der Waals surface area contributed by atoms with Gasteiger partial charge in [-0.3, -0.25) is 0 Å². The zero-order valence-corrected chi connectivity index (χ0v) is 8.57. The summed E-state index contributed by atoms with van der Waals surface area (Å²) in [5.74, 6) is 0. The summed E-state index contributed by atoms with van der Waals surface area (Å²) < 4.78 is 2.19. The molecule has 2 aromatic rings. The summed E-state index contributed by atoms with van der Waals surface area (Å²) in [4.78, 5) is 4.33. The second kappa shape index (κ2) is 3.33. The van der Waals surface area contributed by atoms with Crippen molar-refractivity contribution >= 4 is 16.7 Å². The van der Waals surface area contributed by atoms with Gasteiger partial charge in [0.2, 0.25) is 0 Å². The number of aromatic nitrogens is 2. The molecule has 0 saturated heterocycles. The molecule has 0 unspecified atom stereocenters. The third-order valence-electron chi connectivity index (χ3n) is 2.66. The number of hydrogen-bond acceptors (Lipinski definition) is 2. The van der Waals surface area contributed by atoms with E-state index in [1.807, 2.05) is 24.5 Å². The van der Waals surface area contributed by atoms with E-state index in [0.29, 0.717) is 6.04 Å². The van der Waals surface area contributed by atoms with Crippen LogP contribution in [0.15, 0.2) is 24.5 Å². The minimum Gasteiger partial charge on any atom is -0.399 e. The lowest BCUT2D eigenvalue weighted by Gasteiger charge is -2.11. The Labute approximate surface area is 83.6 Å². The number of hydrogen-bond donors (Lipinski definition) is 1. The van der Waals surface area contributed by atoms with Gasteiger partial charge in [-0.05, 0) is 31.5 Å². The molecule has 0 aliphatic heterocycles. The summed E-state index contributed by atoms with van der Waals surface area (Å²) >= 11 is 0. The summed E-state index contributed by atoms with van der Waals surface area (Å²) in [7, 11) is 0. The average molecular weight is 189 g/mol. The summed E-state index contributed by atoms with van der Waals surface area (Å²) in [5.41, 5.74) is 8.60. The number of nitrogens with zero attached hydrogens (tertiary/aromatic N) is 2. The molecule has 0 fully saturated rings. The molecule has 74 valence electrons.